The zero-order valence-corrected chi connectivity index (χ0v) is 18.2. The molecule has 1 atom stereocenters. The van der Waals surface area contributed by atoms with Crippen molar-refractivity contribution in [3.63, 3.8) is 0 Å². The van der Waals surface area contributed by atoms with Gasteiger partial charge in [-0.15, -0.1) is 11.8 Å². The van der Waals surface area contributed by atoms with Gasteiger partial charge in [-0.05, 0) is 56.2 Å². The van der Waals surface area contributed by atoms with E-state index in [1.807, 2.05) is 13.0 Å². The van der Waals surface area contributed by atoms with Crippen LogP contribution in [0, 0.1) is 0 Å². The molecule has 0 saturated carbocycles. The van der Waals surface area contributed by atoms with Crippen LogP contribution < -0.4 is 10.6 Å². The molecular weight excluding hydrogens is 422 g/mol. The van der Waals surface area contributed by atoms with Crippen molar-refractivity contribution >= 4 is 45.0 Å². The number of rotatable bonds is 4. The first-order valence-electron chi connectivity index (χ1n) is 9.88. The van der Waals surface area contributed by atoms with E-state index in [1.54, 1.807) is 30.3 Å². The average Bonchev–Trinajstić information content (AvgIpc) is 2.75. The third-order valence-electron chi connectivity index (χ3n) is 5.22. The molecule has 7 nitrogen and oxygen atoms in total. The first-order valence-corrected chi connectivity index (χ1v) is 12.2. The Morgan fingerprint density at radius 2 is 1.90 bits per heavy atom. The van der Waals surface area contributed by atoms with Crippen molar-refractivity contribution in [3.05, 3.63) is 48.0 Å². The molecule has 2 heterocycles. The van der Waals surface area contributed by atoms with Gasteiger partial charge in [-0.1, -0.05) is 12.5 Å². The maximum absolute atomic E-state index is 12.9. The molecule has 2 aliphatic rings. The lowest BCUT2D eigenvalue weighted by Gasteiger charge is -2.26. The summed E-state index contributed by atoms with van der Waals surface area (Å²) in [5.41, 5.74) is 1.40. The fourth-order valence-electron chi connectivity index (χ4n) is 3.54. The summed E-state index contributed by atoms with van der Waals surface area (Å²) in [5.74, 6) is -0.469. The third-order valence-corrected chi connectivity index (χ3v) is 8.29. The molecule has 2 amide bonds. The number of benzene rings is 2. The summed E-state index contributed by atoms with van der Waals surface area (Å²) < 4.78 is 27.3. The lowest BCUT2D eigenvalue weighted by atomic mass is 10.1. The number of hydrogen-bond donors (Lipinski definition) is 2. The molecule has 1 fully saturated rings. The van der Waals surface area contributed by atoms with Gasteiger partial charge in [-0.2, -0.15) is 4.31 Å². The first kappa shape index (κ1) is 20.9. The molecule has 158 valence electrons. The van der Waals surface area contributed by atoms with Crippen molar-refractivity contribution < 1.29 is 18.0 Å². The number of anilines is 2. The number of piperidine rings is 1. The Labute approximate surface area is 180 Å². The Morgan fingerprint density at radius 1 is 1.13 bits per heavy atom. The van der Waals surface area contributed by atoms with Crippen LogP contribution in [0.5, 0.6) is 0 Å². The minimum Gasteiger partial charge on any atom is -0.324 e. The van der Waals surface area contributed by atoms with Gasteiger partial charge in [-0.3, -0.25) is 9.59 Å². The molecule has 9 heteroatoms. The minimum atomic E-state index is -3.58. The van der Waals surface area contributed by atoms with Crippen molar-refractivity contribution in [1.82, 2.24) is 4.31 Å². The fourth-order valence-corrected chi connectivity index (χ4v) is 6.04. The van der Waals surface area contributed by atoms with Crippen LogP contribution in [0.3, 0.4) is 0 Å². The molecule has 4 rings (SSSR count). The van der Waals surface area contributed by atoms with Crippen molar-refractivity contribution in [2.24, 2.45) is 0 Å². The van der Waals surface area contributed by atoms with Gasteiger partial charge in [0.15, 0.2) is 0 Å². The second-order valence-electron chi connectivity index (χ2n) is 7.41. The van der Waals surface area contributed by atoms with Crippen LogP contribution >= 0.6 is 11.8 Å². The number of carbonyl (C=O) groups is 2. The Hall–Kier alpha value is -2.36. The van der Waals surface area contributed by atoms with Crippen LogP contribution in [0.15, 0.2) is 52.3 Å². The minimum absolute atomic E-state index is 0.0966. The highest BCUT2D eigenvalue weighted by atomic mass is 32.2. The lowest BCUT2D eigenvalue weighted by molar-refractivity contribution is -0.115. The van der Waals surface area contributed by atoms with E-state index in [1.165, 1.54) is 22.1 Å². The standard InChI is InChI=1S/C21H23N3O4S2/c1-14-20(25)23-18-12-15(8-9-19(18)29-14)21(26)22-16-6-5-7-17(13-16)30(27,28)24-10-3-2-4-11-24/h5-9,12-14H,2-4,10-11H2,1H3,(H,22,26)(H,23,25). The van der Waals surface area contributed by atoms with Gasteiger partial charge in [0.05, 0.1) is 15.8 Å². The molecule has 30 heavy (non-hydrogen) atoms. The lowest BCUT2D eigenvalue weighted by Crippen LogP contribution is -2.35. The van der Waals surface area contributed by atoms with E-state index in [0.717, 1.165) is 24.2 Å². The highest BCUT2D eigenvalue weighted by Crippen LogP contribution is 2.36. The molecule has 1 unspecified atom stereocenters. The van der Waals surface area contributed by atoms with Crippen LogP contribution in [0.1, 0.15) is 36.5 Å². The summed E-state index contributed by atoms with van der Waals surface area (Å²) >= 11 is 1.45. The first-order chi connectivity index (χ1) is 14.3. The van der Waals surface area contributed by atoms with Gasteiger partial charge in [0, 0.05) is 29.2 Å². The number of amides is 2. The molecule has 2 N–H and O–H groups in total. The topological polar surface area (TPSA) is 95.6 Å². The Kier molecular flexibility index (Phi) is 5.86. The third kappa shape index (κ3) is 4.23. The number of hydrogen-bond acceptors (Lipinski definition) is 5. The monoisotopic (exact) mass is 445 g/mol. The highest BCUT2D eigenvalue weighted by molar-refractivity contribution is 8.01. The van der Waals surface area contributed by atoms with Crippen molar-refractivity contribution in [2.45, 2.75) is 41.2 Å². The Morgan fingerprint density at radius 3 is 2.67 bits per heavy atom. The van der Waals surface area contributed by atoms with Crippen LogP contribution in [-0.2, 0) is 14.8 Å². The van der Waals surface area contributed by atoms with Crippen molar-refractivity contribution in [1.29, 1.82) is 0 Å². The fraction of sp³-hybridized carbons (Fsp3) is 0.333. The number of fused-ring (bicyclic) bond motifs is 1. The van der Waals surface area contributed by atoms with Gasteiger partial charge >= 0.3 is 0 Å². The van der Waals surface area contributed by atoms with E-state index in [4.69, 9.17) is 0 Å². The van der Waals surface area contributed by atoms with E-state index in [0.29, 0.717) is 30.0 Å². The Bertz CT molecular complexity index is 1100. The molecule has 2 aliphatic heterocycles. The van der Waals surface area contributed by atoms with Crippen LogP contribution in [0.25, 0.3) is 0 Å². The molecule has 2 aromatic carbocycles. The molecule has 1 saturated heterocycles. The maximum Gasteiger partial charge on any atom is 0.255 e. The summed E-state index contributed by atoms with van der Waals surface area (Å²) in [4.78, 5) is 25.7. The summed E-state index contributed by atoms with van der Waals surface area (Å²) in [5, 5.41) is 5.39. The molecule has 0 bridgehead atoms. The summed E-state index contributed by atoms with van der Waals surface area (Å²) in [6.07, 6.45) is 2.77. The Balaban J connectivity index is 1.52. The number of nitrogens with one attached hydrogen (secondary N) is 2. The molecule has 0 aromatic heterocycles. The second kappa shape index (κ2) is 8.41. The van der Waals surface area contributed by atoms with Crippen LogP contribution in [0.2, 0.25) is 0 Å². The molecule has 0 radical (unpaired) electrons. The van der Waals surface area contributed by atoms with Crippen LogP contribution in [0.4, 0.5) is 11.4 Å². The number of sulfonamides is 1. The van der Waals surface area contributed by atoms with Crippen LogP contribution in [-0.4, -0.2) is 42.9 Å². The zero-order valence-electron chi connectivity index (χ0n) is 16.6. The van der Waals surface area contributed by atoms with Gasteiger partial charge < -0.3 is 10.6 Å². The van der Waals surface area contributed by atoms with E-state index >= 15 is 0 Å². The second-order valence-corrected chi connectivity index (χ2v) is 10.7. The number of carbonyl (C=O) groups excluding carboxylic acids is 2. The maximum atomic E-state index is 12.9. The van der Waals surface area contributed by atoms with E-state index in [9.17, 15) is 18.0 Å². The van der Waals surface area contributed by atoms with Crippen molar-refractivity contribution in [3.8, 4) is 0 Å². The number of thioether (sulfide) groups is 1. The quantitative estimate of drug-likeness (QED) is 0.750. The van der Waals surface area contributed by atoms with Gasteiger partial charge in [0.2, 0.25) is 15.9 Å². The SMILES string of the molecule is CC1Sc2ccc(C(=O)Nc3cccc(S(=O)(=O)N4CCCCC4)c3)cc2NC1=O. The number of nitrogens with zero attached hydrogens (tertiary/aromatic N) is 1. The van der Waals surface area contributed by atoms with E-state index in [2.05, 4.69) is 10.6 Å². The molecule has 0 spiro atoms. The molecule has 2 aromatic rings. The van der Waals surface area contributed by atoms with Gasteiger partial charge in [-0.25, -0.2) is 8.42 Å². The predicted molar refractivity (Wildman–Crippen MR) is 117 cm³/mol. The van der Waals surface area contributed by atoms with Crippen molar-refractivity contribution in [2.75, 3.05) is 23.7 Å². The summed E-state index contributed by atoms with van der Waals surface area (Å²) in [7, 11) is -3.58. The van der Waals surface area contributed by atoms with E-state index in [-0.39, 0.29) is 22.0 Å². The normalized spacial score (nSPS) is 19.6. The van der Waals surface area contributed by atoms with Gasteiger partial charge in [0.25, 0.3) is 5.91 Å². The summed E-state index contributed by atoms with van der Waals surface area (Å²) in [6, 6.07) is 11.5. The highest BCUT2D eigenvalue weighted by Gasteiger charge is 2.26. The van der Waals surface area contributed by atoms with E-state index < -0.39 is 10.0 Å². The average molecular weight is 446 g/mol. The summed E-state index contributed by atoms with van der Waals surface area (Å²) in [6.45, 7) is 2.88. The molecule has 0 aliphatic carbocycles. The van der Waals surface area contributed by atoms with Gasteiger partial charge in [0.1, 0.15) is 0 Å². The smallest absolute Gasteiger partial charge is 0.255 e. The largest absolute Gasteiger partial charge is 0.324 e. The zero-order chi connectivity index (χ0) is 21.3. The molecular formula is C21H23N3O4S2. The predicted octanol–water partition coefficient (Wildman–Crippen LogP) is 3.55.